The van der Waals surface area contributed by atoms with Crippen molar-refractivity contribution in [3.63, 3.8) is 0 Å². The quantitative estimate of drug-likeness (QED) is 0.482. The van der Waals surface area contributed by atoms with Gasteiger partial charge in [-0.2, -0.15) is 0 Å². The summed E-state index contributed by atoms with van der Waals surface area (Å²) in [6.45, 7) is 8.52. The van der Waals surface area contributed by atoms with Crippen LogP contribution in [0.3, 0.4) is 0 Å². The minimum Gasteiger partial charge on any atom is -0.360 e. The maximum Gasteiger partial charge on any atom is 0.170 e. The largest absolute Gasteiger partial charge is 0.360 e. The number of thiocarbonyl (C=S) groups is 1. The van der Waals surface area contributed by atoms with Gasteiger partial charge in [0.1, 0.15) is 0 Å². The number of hydrogen-bond donors (Lipinski definition) is 2. The van der Waals surface area contributed by atoms with Gasteiger partial charge in [-0.3, -0.25) is 0 Å². The van der Waals surface area contributed by atoms with Gasteiger partial charge in [-0.1, -0.05) is 34.7 Å². The van der Waals surface area contributed by atoms with E-state index in [9.17, 15) is 0 Å². The maximum atomic E-state index is 5.19. The fourth-order valence-corrected chi connectivity index (χ4v) is 2.09. The molecule has 0 aliphatic heterocycles. The van der Waals surface area contributed by atoms with E-state index in [4.69, 9.17) is 12.2 Å². The molecule has 0 bridgehead atoms. The first-order chi connectivity index (χ1) is 7.79. The Kier molecular flexibility index (Phi) is 5.19. The second-order valence-corrected chi connectivity index (χ2v) is 7.91. The lowest BCUT2D eigenvalue weighted by molar-refractivity contribution is 0.739. The van der Waals surface area contributed by atoms with Crippen molar-refractivity contribution < 1.29 is 0 Å². The summed E-state index contributed by atoms with van der Waals surface area (Å²) in [5, 5.41) is 6.99. The zero-order valence-electron chi connectivity index (χ0n) is 10.7. The molecule has 0 saturated carbocycles. The Morgan fingerprint density at radius 2 is 1.76 bits per heavy atom. The van der Waals surface area contributed by atoms with Crippen LogP contribution in [0.15, 0.2) is 24.3 Å². The molecule has 0 aliphatic rings. The lowest BCUT2D eigenvalue weighted by atomic mass is 10.0. The molecular formula is C13H19IN2S. The first kappa shape index (κ1) is 14.7. The van der Waals surface area contributed by atoms with Crippen LogP contribution in [0.1, 0.15) is 33.3 Å². The van der Waals surface area contributed by atoms with Crippen molar-refractivity contribution in [3.05, 3.63) is 29.8 Å². The SMILES string of the molecule is CC(C)NC(=S)Nc1ccc(C(C)(C)I)cc1. The zero-order valence-corrected chi connectivity index (χ0v) is 13.6. The molecule has 2 nitrogen and oxygen atoms in total. The molecule has 0 atom stereocenters. The highest BCUT2D eigenvalue weighted by Crippen LogP contribution is 2.30. The number of anilines is 1. The topological polar surface area (TPSA) is 24.1 Å². The molecule has 0 unspecified atom stereocenters. The van der Waals surface area contributed by atoms with Crippen molar-refractivity contribution in [2.45, 2.75) is 37.2 Å². The van der Waals surface area contributed by atoms with Gasteiger partial charge in [-0.25, -0.2) is 0 Å². The third kappa shape index (κ3) is 5.21. The molecule has 1 aromatic carbocycles. The van der Waals surface area contributed by atoms with Gasteiger partial charge in [0.05, 0.1) is 0 Å². The normalized spacial score (nSPS) is 11.4. The standard InChI is InChI=1S/C13H19IN2S/c1-9(2)15-12(17)16-11-7-5-10(6-8-11)13(3,4)14/h5-9H,1-4H3,(H2,15,16,17). The van der Waals surface area contributed by atoms with Gasteiger partial charge in [0.2, 0.25) is 0 Å². The van der Waals surface area contributed by atoms with Crippen LogP contribution in [0.5, 0.6) is 0 Å². The predicted molar refractivity (Wildman–Crippen MR) is 88.0 cm³/mol. The molecule has 94 valence electrons. The average Bonchev–Trinajstić information content (AvgIpc) is 2.15. The van der Waals surface area contributed by atoms with Gasteiger partial charge in [0.15, 0.2) is 5.11 Å². The highest BCUT2D eigenvalue weighted by molar-refractivity contribution is 14.1. The van der Waals surface area contributed by atoms with Gasteiger partial charge >= 0.3 is 0 Å². The molecule has 1 rings (SSSR count). The highest BCUT2D eigenvalue weighted by atomic mass is 127. The summed E-state index contributed by atoms with van der Waals surface area (Å²) in [6, 6.07) is 8.73. The van der Waals surface area contributed by atoms with Crippen LogP contribution in [-0.2, 0) is 3.42 Å². The molecule has 2 N–H and O–H groups in total. The Balaban J connectivity index is 2.66. The van der Waals surface area contributed by atoms with Crippen LogP contribution in [0.25, 0.3) is 0 Å². The van der Waals surface area contributed by atoms with Gasteiger partial charge in [-0.15, -0.1) is 0 Å². The van der Waals surface area contributed by atoms with Crippen molar-refractivity contribution in [3.8, 4) is 0 Å². The van der Waals surface area contributed by atoms with Crippen molar-refractivity contribution in [1.82, 2.24) is 5.32 Å². The van der Waals surface area contributed by atoms with Crippen LogP contribution in [0, 0.1) is 0 Å². The van der Waals surface area contributed by atoms with Gasteiger partial charge in [0, 0.05) is 15.2 Å². The van der Waals surface area contributed by atoms with Gasteiger partial charge < -0.3 is 10.6 Å². The Morgan fingerprint density at radius 3 is 2.18 bits per heavy atom. The smallest absolute Gasteiger partial charge is 0.170 e. The van der Waals surface area contributed by atoms with Crippen LogP contribution < -0.4 is 10.6 Å². The van der Waals surface area contributed by atoms with E-state index < -0.39 is 0 Å². The molecule has 17 heavy (non-hydrogen) atoms. The van der Waals surface area contributed by atoms with E-state index in [2.05, 4.69) is 85.2 Å². The zero-order chi connectivity index (χ0) is 13.1. The Bertz CT molecular complexity index is 379. The molecule has 4 heteroatoms. The van der Waals surface area contributed by atoms with Crippen molar-refractivity contribution in [2.24, 2.45) is 0 Å². The van der Waals surface area contributed by atoms with E-state index in [0.29, 0.717) is 11.2 Å². The molecule has 0 saturated heterocycles. The molecular weight excluding hydrogens is 343 g/mol. The molecule has 0 amide bonds. The minimum atomic E-state index is 0.160. The molecule has 0 aromatic heterocycles. The third-order valence-electron chi connectivity index (χ3n) is 2.25. The summed E-state index contributed by atoms with van der Waals surface area (Å²) in [5.74, 6) is 0. The van der Waals surface area contributed by atoms with Crippen molar-refractivity contribution in [1.29, 1.82) is 0 Å². The van der Waals surface area contributed by atoms with E-state index in [0.717, 1.165) is 5.69 Å². The Morgan fingerprint density at radius 1 is 1.24 bits per heavy atom. The van der Waals surface area contributed by atoms with E-state index in [1.807, 2.05) is 0 Å². The van der Waals surface area contributed by atoms with Crippen LogP contribution >= 0.6 is 34.8 Å². The molecule has 0 spiro atoms. The first-order valence-electron chi connectivity index (χ1n) is 5.66. The van der Waals surface area contributed by atoms with Crippen LogP contribution in [0.4, 0.5) is 5.69 Å². The highest BCUT2D eigenvalue weighted by Gasteiger charge is 2.14. The summed E-state index contributed by atoms with van der Waals surface area (Å²) in [7, 11) is 0. The number of hydrogen-bond acceptors (Lipinski definition) is 1. The second-order valence-electron chi connectivity index (χ2n) is 4.80. The summed E-state index contributed by atoms with van der Waals surface area (Å²) >= 11 is 7.63. The van der Waals surface area contributed by atoms with Crippen molar-refractivity contribution >= 4 is 45.6 Å². The summed E-state index contributed by atoms with van der Waals surface area (Å²) in [5.41, 5.74) is 2.33. The number of halogens is 1. The molecule has 0 fully saturated rings. The van der Waals surface area contributed by atoms with Crippen LogP contribution in [-0.4, -0.2) is 11.2 Å². The average molecular weight is 362 g/mol. The number of nitrogens with one attached hydrogen (secondary N) is 2. The monoisotopic (exact) mass is 362 g/mol. The minimum absolute atomic E-state index is 0.160. The maximum absolute atomic E-state index is 5.19. The van der Waals surface area contributed by atoms with Crippen LogP contribution in [0.2, 0.25) is 0 Å². The van der Waals surface area contributed by atoms with Gasteiger partial charge in [0.25, 0.3) is 0 Å². The lowest BCUT2D eigenvalue weighted by Gasteiger charge is -2.18. The van der Waals surface area contributed by atoms with E-state index in [1.165, 1.54) is 5.56 Å². The first-order valence-corrected chi connectivity index (χ1v) is 7.14. The number of rotatable bonds is 3. The molecule has 0 heterocycles. The summed E-state index contributed by atoms with van der Waals surface area (Å²) < 4.78 is 0.160. The molecule has 0 radical (unpaired) electrons. The predicted octanol–water partition coefficient (Wildman–Crippen LogP) is 4.05. The Labute approximate surface area is 123 Å². The third-order valence-corrected chi connectivity index (χ3v) is 3.09. The summed E-state index contributed by atoms with van der Waals surface area (Å²) in [4.78, 5) is 0. The lowest BCUT2D eigenvalue weighted by Crippen LogP contribution is -2.33. The fraction of sp³-hybridized carbons (Fsp3) is 0.462. The second kappa shape index (κ2) is 6.00. The number of alkyl halides is 1. The summed E-state index contributed by atoms with van der Waals surface area (Å²) in [6.07, 6.45) is 0. The molecule has 1 aromatic rings. The van der Waals surface area contributed by atoms with Gasteiger partial charge in [-0.05, 0) is 57.6 Å². The van der Waals surface area contributed by atoms with E-state index in [-0.39, 0.29) is 3.42 Å². The Hall–Kier alpha value is -0.360. The number of benzene rings is 1. The van der Waals surface area contributed by atoms with E-state index >= 15 is 0 Å². The van der Waals surface area contributed by atoms with E-state index in [1.54, 1.807) is 0 Å². The molecule has 0 aliphatic carbocycles. The fourth-order valence-electron chi connectivity index (χ4n) is 1.38. The van der Waals surface area contributed by atoms with Crippen molar-refractivity contribution in [2.75, 3.05) is 5.32 Å².